The van der Waals surface area contributed by atoms with E-state index in [2.05, 4.69) is 29.8 Å². The van der Waals surface area contributed by atoms with Gasteiger partial charge < -0.3 is 9.64 Å². The van der Waals surface area contributed by atoms with Crippen LogP contribution in [0, 0.1) is 13.8 Å². The smallest absolute Gasteiger partial charge is 0.280 e. The highest BCUT2D eigenvalue weighted by Gasteiger charge is 2.43. The molecule has 0 spiro atoms. The Kier molecular flexibility index (Phi) is 5.17. The summed E-state index contributed by atoms with van der Waals surface area (Å²) in [7, 11) is 0. The van der Waals surface area contributed by atoms with Gasteiger partial charge in [-0.05, 0) is 69.2 Å². The molecule has 2 heterocycles. The summed E-state index contributed by atoms with van der Waals surface area (Å²) in [6.07, 6.45) is 8.14. The van der Waals surface area contributed by atoms with Gasteiger partial charge in [-0.2, -0.15) is 0 Å². The highest BCUT2D eigenvalue weighted by molar-refractivity contribution is 7.17. The molecule has 4 nitrogen and oxygen atoms in total. The number of hydrogen-bond acceptors (Lipinski definition) is 4. The third kappa shape index (κ3) is 4.14. The number of likely N-dealkylation sites (tertiary alicyclic amines) is 1. The van der Waals surface area contributed by atoms with Crippen molar-refractivity contribution in [1.82, 2.24) is 9.88 Å². The van der Waals surface area contributed by atoms with Gasteiger partial charge in [0.1, 0.15) is 10.1 Å². The van der Waals surface area contributed by atoms with Crippen LogP contribution in [-0.4, -0.2) is 29.3 Å². The lowest BCUT2D eigenvalue weighted by molar-refractivity contribution is 0.351. The minimum atomic E-state index is 0.146. The van der Waals surface area contributed by atoms with E-state index in [1.54, 1.807) is 0 Å². The van der Waals surface area contributed by atoms with Crippen LogP contribution in [-0.2, 0) is 5.41 Å². The average Bonchev–Trinajstić information content (AvgIpc) is 3.28. The molecule has 4 rings (SSSR count). The molecule has 2 aromatic rings. The van der Waals surface area contributed by atoms with Crippen molar-refractivity contribution in [3.05, 3.63) is 33.3 Å². The van der Waals surface area contributed by atoms with Crippen LogP contribution >= 0.6 is 22.9 Å². The minimum absolute atomic E-state index is 0.146. The number of aromatic nitrogens is 1. The van der Waals surface area contributed by atoms with Crippen LogP contribution in [0.3, 0.4) is 0 Å². The third-order valence-electron chi connectivity index (χ3n) is 5.58. The maximum absolute atomic E-state index is 6.40. The molecule has 6 heteroatoms. The van der Waals surface area contributed by atoms with E-state index in [-0.39, 0.29) is 5.41 Å². The number of aliphatic imine (C=N–C) groups is 1. The SMILES string of the molecule is Cc1cc(Oc2nc(C3(C)CC3)c(Cl)s2)c(C)cc1/N=C/N1CCCCC1. The summed E-state index contributed by atoms with van der Waals surface area (Å²) in [6.45, 7) is 8.54. The maximum atomic E-state index is 6.40. The number of hydrogen-bond donors (Lipinski definition) is 0. The molecule has 27 heavy (non-hydrogen) atoms. The van der Waals surface area contributed by atoms with Crippen LogP contribution in [0.5, 0.6) is 10.9 Å². The largest absolute Gasteiger partial charge is 0.431 e. The van der Waals surface area contributed by atoms with Gasteiger partial charge in [0.15, 0.2) is 0 Å². The number of thiazole rings is 1. The van der Waals surface area contributed by atoms with Crippen molar-refractivity contribution in [2.75, 3.05) is 13.1 Å². The first-order chi connectivity index (χ1) is 12.9. The molecule has 1 saturated carbocycles. The van der Waals surface area contributed by atoms with Crippen molar-refractivity contribution >= 4 is 35.0 Å². The first-order valence-corrected chi connectivity index (χ1v) is 10.9. The van der Waals surface area contributed by atoms with Gasteiger partial charge in [-0.3, -0.25) is 0 Å². The Labute approximate surface area is 170 Å². The number of rotatable bonds is 5. The van der Waals surface area contributed by atoms with Crippen molar-refractivity contribution in [2.45, 2.75) is 58.3 Å². The molecule has 2 aliphatic rings. The van der Waals surface area contributed by atoms with Crippen molar-refractivity contribution in [2.24, 2.45) is 4.99 Å². The predicted octanol–water partition coefficient (Wildman–Crippen LogP) is 6.40. The van der Waals surface area contributed by atoms with Gasteiger partial charge in [-0.25, -0.2) is 9.98 Å². The number of benzene rings is 1. The Morgan fingerprint density at radius 3 is 2.63 bits per heavy atom. The summed E-state index contributed by atoms with van der Waals surface area (Å²) in [6, 6.07) is 4.13. The zero-order valence-corrected chi connectivity index (χ0v) is 17.8. The topological polar surface area (TPSA) is 37.7 Å². The summed E-state index contributed by atoms with van der Waals surface area (Å²) in [4.78, 5) is 11.7. The Bertz CT molecular complexity index is 867. The molecule has 0 atom stereocenters. The van der Waals surface area contributed by atoms with Crippen molar-refractivity contribution in [3.8, 4) is 10.9 Å². The van der Waals surface area contributed by atoms with Gasteiger partial charge in [0.2, 0.25) is 0 Å². The lowest BCUT2D eigenvalue weighted by atomic mass is 10.1. The van der Waals surface area contributed by atoms with E-state index in [0.29, 0.717) is 5.19 Å². The van der Waals surface area contributed by atoms with E-state index >= 15 is 0 Å². The summed E-state index contributed by atoms with van der Waals surface area (Å²) in [5, 5.41) is 0.621. The molecule has 0 bridgehead atoms. The van der Waals surface area contributed by atoms with Gasteiger partial charge in [0, 0.05) is 18.5 Å². The first-order valence-electron chi connectivity index (χ1n) is 9.69. The highest BCUT2D eigenvalue weighted by atomic mass is 35.5. The molecule has 1 aromatic heterocycles. The average molecular weight is 404 g/mol. The zero-order chi connectivity index (χ0) is 19.0. The summed E-state index contributed by atoms with van der Waals surface area (Å²) >= 11 is 7.82. The second kappa shape index (κ2) is 7.44. The Morgan fingerprint density at radius 1 is 1.19 bits per heavy atom. The van der Waals surface area contributed by atoms with Crippen molar-refractivity contribution < 1.29 is 4.74 Å². The van der Waals surface area contributed by atoms with Crippen LogP contribution in [0.15, 0.2) is 17.1 Å². The van der Waals surface area contributed by atoms with E-state index < -0.39 is 0 Å². The number of piperidine rings is 1. The van der Waals surface area contributed by atoms with E-state index in [1.165, 1.54) is 30.6 Å². The van der Waals surface area contributed by atoms with Gasteiger partial charge >= 0.3 is 0 Å². The standard InChI is InChI=1S/C21H26ClN3OS/c1-14-12-17(26-20-24-18(19(22)27-20)21(3)7-8-21)15(2)11-16(14)23-13-25-9-5-4-6-10-25/h11-13H,4-10H2,1-3H3/b23-13+. The summed E-state index contributed by atoms with van der Waals surface area (Å²) in [5.74, 6) is 0.822. The number of halogens is 1. The Morgan fingerprint density at radius 2 is 1.93 bits per heavy atom. The maximum Gasteiger partial charge on any atom is 0.280 e. The molecular weight excluding hydrogens is 378 g/mol. The first kappa shape index (κ1) is 18.8. The second-order valence-electron chi connectivity index (χ2n) is 8.01. The molecule has 0 radical (unpaired) electrons. The fourth-order valence-corrected chi connectivity index (χ4v) is 4.70. The Balaban J connectivity index is 1.51. The molecule has 0 N–H and O–H groups in total. The van der Waals surface area contributed by atoms with Crippen LogP contribution in [0.4, 0.5) is 5.69 Å². The van der Waals surface area contributed by atoms with Crippen molar-refractivity contribution in [3.63, 3.8) is 0 Å². The molecule has 2 fully saturated rings. The number of ether oxygens (including phenoxy) is 1. The molecule has 1 aromatic carbocycles. The molecule has 0 amide bonds. The molecule has 1 aliphatic carbocycles. The van der Waals surface area contributed by atoms with Gasteiger partial charge in [0.25, 0.3) is 5.19 Å². The monoisotopic (exact) mass is 403 g/mol. The van der Waals surface area contributed by atoms with E-state index in [1.807, 2.05) is 19.3 Å². The Hall–Kier alpha value is -1.59. The lowest BCUT2D eigenvalue weighted by Crippen LogP contribution is -2.28. The zero-order valence-electron chi connectivity index (χ0n) is 16.2. The minimum Gasteiger partial charge on any atom is -0.431 e. The molecule has 144 valence electrons. The van der Waals surface area contributed by atoms with E-state index in [0.717, 1.165) is 58.5 Å². The predicted molar refractivity (Wildman–Crippen MR) is 113 cm³/mol. The van der Waals surface area contributed by atoms with Gasteiger partial charge in [0.05, 0.1) is 17.7 Å². The van der Waals surface area contributed by atoms with Crippen LogP contribution in [0.25, 0.3) is 0 Å². The molecule has 1 saturated heterocycles. The lowest BCUT2D eigenvalue weighted by Gasteiger charge is -2.23. The van der Waals surface area contributed by atoms with Gasteiger partial charge in [-0.15, -0.1) is 0 Å². The second-order valence-corrected chi connectivity index (χ2v) is 9.57. The number of nitrogens with zero attached hydrogens (tertiary/aromatic N) is 3. The summed E-state index contributed by atoms with van der Waals surface area (Å²) in [5.41, 5.74) is 4.28. The third-order valence-corrected chi connectivity index (χ3v) is 6.71. The highest BCUT2D eigenvalue weighted by Crippen LogP contribution is 2.52. The van der Waals surface area contributed by atoms with Crippen LogP contribution in [0.1, 0.15) is 55.8 Å². The normalized spacial score (nSPS) is 18.9. The molecule has 0 unspecified atom stereocenters. The molecule has 1 aliphatic heterocycles. The summed E-state index contributed by atoms with van der Waals surface area (Å²) < 4.78 is 6.84. The fraction of sp³-hybridized carbons (Fsp3) is 0.524. The van der Waals surface area contributed by atoms with Crippen LogP contribution in [0.2, 0.25) is 4.34 Å². The fourth-order valence-electron chi connectivity index (χ4n) is 3.42. The quantitative estimate of drug-likeness (QED) is 0.428. The molecular formula is C21H26ClN3OS. The van der Waals surface area contributed by atoms with Crippen LogP contribution < -0.4 is 4.74 Å². The number of aryl methyl sites for hydroxylation is 2. The van der Waals surface area contributed by atoms with E-state index in [4.69, 9.17) is 21.3 Å². The van der Waals surface area contributed by atoms with Crippen molar-refractivity contribution in [1.29, 1.82) is 0 Å². The van der Waals surface area contributed by atoms with E-state index in [9.17, 15) is 0 Å². The van der Waals surface area contributed by atoms with Gasteiger partial charge in [-0.1, -0.05) is 29.9 Å².